The van der Waals surface area contributed by atoms with Gasteiger partial charge in [-0.05, 0) is 31.9 Å². The lowest BCUT2D eigenvalue weighted by Crippen LogP contribution is -2.43. The predicted molar refractivity (Wildman–Crippen MR) is 96.4 cm³/mol. The molecule has 142 valence electrons. The fourth-order valence-electron chi connectivity index (χ4n) is 3.15. The number of aldehydes is 1. The standard InChI is InChI=1S/C18H26N4O4/c1-11-15(26-10-18(2)7-12(8-18)17(24)25-4)6-5-13(21-11)16(19)14(9-23)22(3)20/h5-6,9,12H,7-8,10,19-20H2,1-4H3/b16-14-. The van der Waals surface area contributed by atoms with Crippen LogP contribution in [0.25, 0.3) is 5.70 Å². The first-order valence-electron chi connectivity index (χ1n) is 8.33. The first-order valence-corrected chi connectivity index (χ1v) is 8.33. The Morgan fingerprint density at radius 2 is 2.12 bits per heavy atom. The Balaban J connectivity index is 2.05. The highest BCUT2D eigenvalue weighted by Crippen LogP contribution is 2.46. The molecule has 1 aromatic rings. The number of likely N-dealkylation sites (N-methyl/N-ethyl adjacent to an activating group) is 1. The second kappa shape index (κ2) is 7.74. The van der Waals surface area contributed by atoms with Gasteiger partial charge in [0.2, 0.25) is 0 Å². The number of methoxy groups -OCH3 is 1. The summed E-state index contributed by atoms with van der Waals surface area (Å²) in [4.78, 5) is 27.0. The Morgan fingerprint density at radius 1 is 1.46 bits per heavy atom. The number of carbonyl (C=O) groups excluding carboxylic acids is 2. The summed E-state index contributed by atoms with van der Waals surface area (Å²) in [6, 6.07) is 3.45. The molecule has 0 bridgehead atoms. The maximum absolute atomic E-state index is 11.5. The topological polar surface area (TPSA) is 121 Å². The van der Waals surface area contributed by atoms with Crippen LogP contribution in [0.5, 0.6) is 5.75 Å². The van der Waals surface area contributed by atoms with Gasteiger partial charge in [0, 0.05) is 12.5 Å². The van der Waals surface area contributed by atoms with E-state index in [2.05, 4.69) is 11.9 Å². The molecule has 0 amide bonds. The van der Waals surface area contributed by atoms with Crippen LogP contribution in [-0.4, -0.2) is 43.0 Å². The Hall–Kier alpha value is -2.61. The third-order valence-corrected chi connectivity index (χ3v) is 4.67. The molecule has 0 radical (unpaired) electrons. The van der Waals surface area contributed by atoms with E-state index in [0.29, 0.717) is 30.0 Å². The smallest absolute Gasteiger partial charge is 0.308 e. The molecular formula is C18H26N4O4. The molecule has 26 heavy (non-hydrogen) atoms. The Kier molecular flexibility index (Phi) is 5.86. The molecule has 0 unspecified atom stereocenters. The number of hydrogen-bond acceptors (Lipinski definition) is 8. The lowest BCUT2D eigenvalue weighted by Gasteiger charge is -2.43. The van der Waals surface area contributed by atoms with Crippen molar-refractivity contribution in [2.75, 3.05) is 20.8 Å². The van der Waals surface area contributed by atoms with E-state index in [0.717, 1.165) is 17.9 Å². The van der Waals surface area contributed by atoms with Crippen molar-refractivity contribution >= 4 is 18.0 Å². The van der Waals surface area contributed by atoms with Crippen LogP contribution in [-0.2, 0) is 14.3 Å². The first-order chi connectivity index (χ1) is 12.2. The minimum Gasteiger partial charge on any atom is -0.491 e. The van der Waals surface area contributed by atoms with E-state index in [1.54, 1.807) is 19.1 Å². The molecule has 1 saturated carbocycles. The number of esters is 1. The summed E-state index contributed by atoms with van der Waals surface area (Å²) in [5.41, 5.74) is 7.38. The molecule has 0 spiro atoms. The van der Waals surface area contributed by atoms with Crippen LogP contribution in [0.4, 0.5) is 0 Å². The van der Waals surface area contributed by atoms with Crippen molar-refractivity contribution in [2.24, 2.45) is 22.9 Å². The zero-order valence-electron chi connectivity index (χ0n) is 15.6. The van der Waals surface area contributed by atoms with E-state index in [1.165, 1.54) is 14.2 Å². The Labute approximate surface area is 153 Å². The van der Waals surface area contributed by atoms with Crippen LogP contribution >= 0.6 is 0 Å². The lowest BCUT2D eigenvalue weighted by atomic mass is 9.63. The number of allylic oxidation sites excluding steroid dienone is 1. The highest BCUT2D eigenvalue weighted by atomic mass is 16.5. The third-order valence-electron chi connectivity index (χ3n) is 4.67. The molecule has 1 fully saturated rings. The Morgan fingerprint density at radius 3 is 2.62 bits per heavy atom. The minimum absolute atomic E-state index is 0.0462. The van der Waals surface area contributed by atoms with Gasteiger partial charge in [-0.15, -0.1) is 0 Å². The normalized spacial score (nSPS) is 22.7. The molecule has 1 heterocycles. The van der Waals surface area contributed by atoms with Crippen LogP contribution < -0.4 is 16.3 Å². The molecular weight excluding hydrogens is 336 g/mol. The highest BCUT2D eigenvalue weighted by molar-refractivity contribution is 5.85. The van der Waals surface area contributed by atoms with Crippen molar-refractivity contribution in [3.05, 3.63) is 29.2 Å². The van der Waals surface area contributed by atoms with Gasteiger partial charge in [0.1, 0.15) is 11.4 Å². The van der Waals surface area contributed by atoms with Gasteiger partial charge in [0.05, 0.1) is 36.7 Å². The van der Waals surface area contributed by atoms with E-state index in [4.69, 9.17) is 21.1 Å². The largest absolute Gasteiger partial charge is 0.491 e. The average Bonchev–Trinajstić information content (AvgIpc) is 2.57. The van der Waals surface area contributed by atoms with E-state index in [1.807, 2.05) is 0 Å². The number of rotatable bonds is 7. The van der Waals surface area contributed by atoms with Gasteiger partial charge < -0.3 is 20.2 Å². The SMILES string of the molecule is COC(=O)C1CC(C)(COc2ccc(/C(N)=C(\C=O)N(C)N)nc2C)C1. The molecule has 8 heteroatoms. The number of ether oxygens (including phenoxy) is 2. The van der Waals surface area contributed by atoms with E-state index < -0.39 is 0 Å². The fraction of sp³-hybridized carbons (Fsp3) is 0.500. The maximum Gasteiger partial charge on any atom is 0.308 e. The molecule has 0 aromatic carbocycles. The molecule has 2 rings (SSSR count). The number of aryl methyl sites for hydroxylation is 1. The number of hydrogen-bond donors (Lipinski definition) is 2. The van der Waals surface area contributed by atoms with Crippen molar-refractivity contribution in [1.82, 2.24) is 9.99 Å². The van der Waals surface area contributed by atoms with Gasteiger partial charge in [0.15, 0.2) is 6.29 Å². The zero-order valence-corrected chi connectivity index (χ0v) is 15.6. The summed E-state index contributed by atoms with van der Waals surface area (Å²) >= 11 is 0. The molecule has 0 saturated heterocycles. The van der Waals surface area contributed by atoms with E-state index in [-0.39, 0.29) is 28.7 Å². The number of pyridine rings is 1. The molecule has 1 aromatic heterocycles. The number of hydrazine groups is 1. The third kappa shape index (κ3) is 4.13. The van der Waals surface area contributed by atoms with Crippen LogP contribution in [0.15, 0.2) is 17.8 Å². The number of carbonyl (C=O) groups is 2. The molecule has 1 aliphatic rings. The van der Waals surface area contributed by atoms with Gasteiger partial charge >= 0.3 is 5.97 Å². The first kappa shape index (κ1) is 19.7. The monoisotopic (exact) mass is 362 g/mol. The summed E-state index contributed by atoms with van der Waals surface area (Å²) < 4.78 is 10.7. The van der Waals surface area contributed by atoms with Crippen molar-refractivity contribution in [3.63, 3.8) is 0 Å². The van der Waals surface area contributed by atoms with Crippen LogP contribution in [0, 0.1) is 18.3 Å². The van der Waals surface area contributed by atoms with E-state index in [9.17, 15) is 9.59 Å². The van der Waals surface area contributed by atoms with Crippen molar-refractivity contribution in [1.29, 1.82) is 0 Å². The predicted octanol–water partition coefficient (Wildman–Crippen LogP) is 0.990. The maximum atomic E-state index is 11.5. The quantitative estimate of drug-likeness (QED) is 0.242. The van der Waals surface area contributed by atoms with Crippen LogP contribution in [0.2, 0.25) is 0 Å². The lowest BCUT2D eigenvalue weighted by molar-refractivity contribution is -0.154. The summed E-state index contributed by atoms with van der Waals surface area (Å²) in [5, 5.41) is 1.15. The molecule has 4 N–H and O–H groups in total. The second-order valence-electron chi connectivity index (χ2n) is 7.04. The summed E-state index contributed by atoms with van der Waals surface area (Å²) in [6.07, 6.45) is 2.07. The van der Waals surface area contributed by atoms with Gasteiger partial charge in [-0.1, -0.05) is 6.92 Å². The number of aromatic nitrogens is 1. The molecule has 0 atom stereocenters. The van der Waals surface area contributed by atoms with E-state index >= 15 is 0 Å². The van der Waals surface area contributed by atoms with Crippen molar-refractivity contribution in [2.45, 2.75) is 26.7 Å². The van der Waals surface area contributed by atoms with Crippen molar-refractivity contribution < 1.29 is 19.1 Å². The van der Waals surface area contributed by atoms with Gasteiger partial charge in [-0.25, -0.2) is 10.8 Å². The fourth-order valence-corrected chi connectivity index (χ4v) is 3.15. The number of nitrogens with two attached hydrogens (primary N) is 2. The average molecular weight is 362 g/mol. The Bertz CT molecular complexity index is 724. The van der Waals surface area contributed by atoms with Gasteiger partial charge in [0.25, 0.3) is 0 Å². The minimum atomic E-state index is -0.164. The summed E-state index contributed by atoms with van der Waals surface area (Å²) in [5.74, 6) is 6.02. The van der Waals surface area contributed by atoms with Crippen LogP contribution in [0.3, 0.4) is 0 Å². The van der Waals surface area contributed by atoms with Gasteiger partial charge in [-0.3, -0.25) is 9.59 Å². The molecule has 0 aliphatic heterocycles. The molecule has 1 aliphatic carbocycles. The van der Waals surface area contributed by atoms with Crippen LogP contribution in [0.1, 0.15) is 31.2 Å². The summed E-state index contributed by atoms with van der Waals surface area (Å²) in [6.45, 7) is 4.37. The second-order valence-corrected chi connectivity index (χ2v) is 7.04. The van der Waals surface area contributed by atoms with Gasteiger partial charge in [-0.2, -0.15) is 0 Å². The van der Waals surface area contributed by atoms with Crippen molar-refractivity contribution in [3.8, 4) is 5.75 Å². The highest BCUT2D eigenvalue weighted by Gasteiger charge is 2.45. The molecule has 8 nitrogen and oxygen atoms in total. The zero-order chi connectivity index (χ0) is 19.5. The number of nitrogens with zero attached hydrogens (tertiary/aromatic N) is 2. The summed E-state index contributed by atoms with van der Waals surface area (Å²) in [7, 11) is 2.94.